The molecular weight excluding hydrogens is 258 g/mol. The normalized spacial score (nSPS) is 10.3. The first-order chi connectivity index (χ1) is 8.13. The van der Waals surface area contributed by atoms with Crippen LogP contribution in [0.1, 0.15) is 15.2 Å². The monoisotopic (exact) mass is 267 g/mol. The number of halogens is 1. The standard InChI is InChI=1S/C12H10ClNO2S/c1-7-6-17-11(12(15)16-2)10(7)9-5-8(13)3-4-14-9/h3-6H,1-2H3. The molecule has 0 unspecified atom stereocenters. The number of hydrogen-bond acceptors (Lipinski definition) is 4. The van der Waals surface area contributed by atoms with E-state index in [-0.39, 0.29) is 5.97 Å². The smallest absolute Gasteiger partial charge is 0.348 e. The van der Waals surface area contributed by atoms with E-state index in [0.29, 0.717) is 15.6 Å². The van der Waals surface area contributed by atoms with Crippen LogP contribution in [0, 0.1) is 6.92 Å². The third-order valence-corrected chi connectivity index (χ3v) is 3.64. The third-order valence-electron chi connectivity index (χ3n) is 2.32. The van der Waals surface area contributed by atoms with Gasteiger partial charge in [0.15, 0.2) is 0 Å². The molecule has 0 saturated heterocycles. The second kappa shape index (κ2) is 4.85. The fourth-order valence-electron chi connectivity index (χ4n) is 1.55. The van der Waals surface area contributed by atoms with Gasteiger partial charge in [-0.2, -0.15) is 0 Å². The van der Waals surface area contributed by atoms with E-state index < -0.39 is 0 Å². The van der Waals surface area contributed by atoms with Gasteiger partial charge in [0, 0.05) is 16.8 Å². The largest absolute Gasteiger partial charge is 0.465 e. The number of aryl methyl sites for hydroxylation is 1. The summed E-state index contributed by atoms with van der Waals surface area (Å²) in [6.07, 6.45) is 1.62. The number of thiophene rings is 1. The summed E-state index contributed by atoms with van der Waals surface area (Å²) < 4.78 is 4.75. The van der Waals surface area contributed by atoms with Crippen molar-refractivity contribution in [1.29, 1.82) is 0 Å². The summed E-state index contributed by atoms with van der Waals surface area (Å²) in [6.45, 7) is 1.93. The zero-order valence-electron chi connectivity index (χ0n) is 9.36. The maximum atomic E-state index is 11.6. The molecule has 0 fully saturated rings. The molecule has 0 bridgehead atoms. The molecule has 0 aliphatic rings. The highest BCUT2D eigenvalue weighted by atomic mass is 35.5. The summed E-state index contributed by atoms with van der Waals surface area (Å²) in [6, 6.07) is 3.44. The number of methoxy groups -OCH3 is 1. The number of rotatable bonds is 2. The van der Waals surface area contributed by atoms with Crippen molar-refractivity contribution in [2.45, 2.75) is 6.92 Å². The zero-order chi connectivity index (χ0) is 12.4. The van der Waals surface area contributed by atoms with Crippen molar-refractivity contribution in [3.63, 3.8) is 0 Å². The van der Waals surface area contributed by atoms with E-state index in [1.807, 2.05) is 12.3 Å². The molecule has 3 nitrogen and oxygen atoms in total. The Kier molecular flexibility index (Phi) is 3.45. The Balaban J connectivity index is 2.58. The van der Waals surface area contributed by atoms with Crippen LogP contribution < -0.4 is 0 Å². The highest BCUT2D eigenvalue weighted by Gasteiger charge is 2.18. The van der Waals surface area contributed by atoms with Gasteiger partial charge in [0.2, 0.25) is 0 Å². The van der Waals surface area contributed by atoms with Gasteiger partial charge in [-0.3, -0.25) is 4.98 Å². The van der Waals surface area contributed by atoms with E-state index in [2.05, 4.69) is 4.98 Å². The summed E-state index contributed by atoms with van der Waals surface area (Å²) in [5.74, 6) is -0.347. The molecule has 5 heteroatoms. The van der Waals surface area contributed by atoms with Gasteiger partial charge in [-0.25, -0.2) is 4.79 Å². The number of aromatic nitrogens is 1. The second-order valence-corrected chi connectivity index (χ2v) is 4.79. The van der Waals surface area contributed by atoms with Crippen LogP contribution in [0.15, 0.2) is 23.7 Å². The average Bonchev–Trinajstić information content (AvgIpc) is 2.70. The van der Waals surface area contributed by atoms with E-state index in [9.17, 15) is 4.79 Å². The maximum Gasteiger partial charge on any atom is 0.348 e. The second-order valence-electron chi connectivity index (χ2n) is 3.47. The molecular formula is C12H10ClNO2S. The fourth-order valence-corrected chi connectivity index (χ4v) is 2.68. The molecule has 88 valence electrons. The molecule has 0 N–H and O–H groups in total. The van der Waals surface area contributed by atoms with Crippen molar-refractivity contribution in [3.05, 3.63) is 39.2 Å². The van der Waals surface area contributed by atoms with Gasteiger partial charge in [0.25, 0.3) is 0 Å². The lowest BCUT2D eigenvalue weighted by molar-refractivity contribution is 0.0607. The fraction of sp³-hybridized carbons (Fsp3) is 0.167. The Morgan fingerprint density at radius 2 is 2.29 bits per heavy atom. The molecule has 2 rings (SSSR count). The minimum absolute atomic E-state index is 0.347. The summed E-state index contributed by atoms with van der Waals surface area (Å²) >= 11 is 7.28. The van der Waals surface area contributed by atoms with Crippen molar-refractivity contribution in [1.82, 2.24) is 4.98 Å². The van der Waals surface area contributed by atoms with Crippen molar-refractivity contribution in [2.24, 2.45) is 0 Å². The van der Waals surface area contributed by atoms with Crippen LogP contribution in [0.3, 0.4) is 0 Å². The predicted octanol–water partition coefficient (Wildman–Crippen LogP) is 3.56. The lowest BCUT2D eigenvalue weighted by atomic mass is 10.1. The number of ether oxygens (including phenoxy) is 1. The number of hydrogen-bond donors (Lipinski definition) is 0. The minimum Gasteiger partial charge on any atom is -0.465 e. The van der Waals surface area contributed by atoms with Gasteiger partial charge in [-0.1, -0.05) is 11.6 Å². The first-order valence-corrected chi connectivity index (χ1v) is 6.17. The van der Waals surface area contributed by atoms with Crippen LogP contribution in [0.5, 0.6) is 0 Å². The van der Waals surface area contributed by atoms with Gasteiger partial charge in [-0.05, 0) is 30.0 Å². The summed E-state index contributed by atoms with van der Waals surface area (Å²) in [4.78, 5) is 16.4. The zero-order valence-corrected chi connectivity index (χ0v) is 10.9. The van der Waals surface area contributed by atoms with E-state index in [4.69, 9.17) is 16.3 Å². The number of pyridine rings is 1. The lowest BCUT2D eigenvalue weighted by Gasteiger charge is -2.04. The van der Waals surface area contributed by atoms with Crippen LogP contribution >= 0.6 is 22.9 Å². The number of carbonyl (C=O) groups excluding carboxylic acids is 1. The Hall–Kier alpha value is -1.39. The Morgan fingerprint density at radius 1 is 1.53 bits per heavy atom. The molecule has 0 aliphatic carbocycles. The molecule has 2 heterocycles. The minimum atomic E-state index is -0.347. The molecule has 2 aromatic rings. The number of carbonyl (C=O) groups is 1. The Morgan fingerprint density at radius 3 is 2.94 bits per heavy atom. The van der Waals surface area contributed by atoms with Crippen molar-refractivity contribution in [3.8, 4) is 11.3 Å². The van der Waals surface area contributed by atoms with E-state index >= 15 is 0 Å². The Bertz CT molecular complexity index is 565. The highest BCUT2D eigenvalue weighted by Crippen LogP contribution is 2.32. The van der Waals surface area contributed by atoms with E-state index in [0.717, 1.165) is 11.1 Å². The topological polar surface area (TPSA) is 39.2 Å². The Labute approximate surface area is 108 Å². The van der Waals surface area contributed by atoms with Gasteiger partial charge in [-0.15, -0.1) is 11.3 Å². The van der Waals surface area contributed by atoms with Crippen LogP contribution in [-0.2, 0) is 4.74 Å². The predicted molar refractivity (Wildman–Crippen MR) is 68.6 cm³/mol. The van der Waals surface area contributed by atoms with Crippen LogP contribution in [0.4, 0.5) is 0 Å². The van der Waals surface area contributed by atoms with Crippen molar-refractivity contribution >= 4 is 28.9 Å². The van der Waals surface area contributed by atoms with Crippen LogP contribution in [-0.4, -0.2) is 18.1 Å². The van der Waals surface area contributed by atoms with E-state index in [1.54, 1.807) is 18.3 Å². The van der Waals surface area contributed by atoms with Crippen LogP contribution in [0.25, 0.3) is 11.3 Å². The molecule has 0 spiro atoms. The first-order valence-electron chi connectivity index (χ1n) is 4.92. The first kappa shape index (κ1) is 12.1. The molecule has 0 atom stereocenters. The van der Waals surface area contributed by atoms with Gasteiger partial charge in [0.05, 0.1) is 12.8 Å². The summed E-state index contributed by atoms with van der Waals surface area (Å²) in [7, 11) is 1.37. The molecule has 2 aromatic heterocycles. The molecule has 0 saturated carbocycles. The lowest BCUT2D eigenvalue weighted by Crippen LogP contribution is -2.01. The molecule has 0 aliphatic heterocycles. The van der Waals surface area contributed by atoms with Gasteiger partial charge >= 0.3 is 5.97 Å². The van der Waals surface area contributed by atoms with E-state index in [1.165, 1.54) is 18.4 Å². The molecule has 0 amide bonds. The van der Waals surface area contributed by atoms with Gasteiger partial charge < -0.3 is 4.74 Å². The molecule has 0 aromatic carbocycles. The van der Waals surface area contributed by atoms with Gasteiger partial charge in [0.1, 0.15) is 4.88 Å². The van der Waals surface area contributed by atoms with Crippen LogP contribution in [0.2, 0.25) is 5.02 Å². The maximum absolute atomic E-state index is 11.6. The summed E-state index contributed by atoms with van der Waals surface area (Å²) in [5.41, 5.74) is 2.48. The molecule has 0 radical (unpaired) electrons. The number of esters is 1. The quantitative estimate of drug-likeness (QED) is 0.781. The molecule has 17 heavy (non-hydrogen) atoms. The SMILES string of the molecule is COC(=O)c1scc(C)c1-c1cc(Cl)ccn1. The van der Waals surface area contributed by atoms with Crippen molar-refractivity contribution in [2.75, 3.05) is 7.11 Å². The third kappa shape index (κ3) is 2.33. The highest BCUT2D eigenvalue weighted by molar-refractivity contribution is 7.12. The number of nitrogens with zero attached hydrogens (tertiary/aromatic N) is 1. The average molecular weight is 268 g/mol. The summed E-state index contributed by atoms with van der Waals surface area (Å²) in [5, 5.41) is 2.50. The van der Waals surface area contributed by atoms with Crippen molar-refractivity contribution < 1.29 is 9.53 Å².